The summed E-state index contributed by atoms with van der Waals surface area (Å²) in [7, 11) is 0.247. The topological polar surface area (TPSA) is 78.8 Å². The maximum Gasteiger partial charge on any atom is 0.321 e. The summed E-state index contributed by atoms with van der Waals surface area (Å²) >= 11 is 0. The van der Waals surface area contributed by atoms with Gasteiger partial charge in [0.1, 0.15) is 6.04 Å². The van der Waals surface area contributed by atoms with Crippen LogP contribution >= 0.6 is 0 Å². The summed E-state index contributed by atoms with van der Waals surface area (Å²) < 4.78 is 5.18. The molecule has 0 aromatic heterocycles. The molecule has 0 aliphatic rings. The normalized spacial score (nSPS) is 13.9. The number of carboxylic acids is 1. The first-order valence-electron chi connectivity index (χ1n) is 6.66. The third-order valence-electron chi connectivity index (χ3n) is 2.75. The van der Waals surface area contributed by atoms with Gasteiger partial charge in [-0.05, 0) is 25.0 Å². The molecule has 3 N–H and O–H groups in total. The Morgan fingerprint density at radius 3 is 2.70 bits per heavy atom. The highest BCUT2D eigenvalue weighted by molar-refractivity contribution is 6.27. The second-order valence-corrected chi connectivity index (χ2v) is 5.41. The van der Waals surface area contributed by atoms with Crippen LogP contribution in [0.3, 0.4) is 0 Å². The zero-order chi connectivity index (χ0) is 14.8. The van der Waals surface area contributed by atoms with Gasteiger partial charge in [0.25, 0.3) is 0 Å². The summed E-state index contributed by atoms with van der Waals surface area (Å²) in [5, 5.41) is 21.8. The lowest BCUT2D eigenvalue weighted by Crippen LogP contribution is -2.42. The predicted molar refractivity (Wildman–Crippen MR) is 77.8 cm³/mol. The molecular weight excluding hydrogens is 274 g/mol. The van der Waals surface area contributed by atoms with Crippen molar-refractivity contribution in [1.29, 1.82) is 0 Å². The molecule has 1 aromatic rings. The largest absolute Gasteiger partial charge is 0.480 e. The fourth-order valence-corrected chi connectivity index (χ4v) is 2.36. The number of nitrogens with one attached hydrogen (secondary N) is 1. The van der Waals surface area contributed by atoms with Crippen molar-refractivity contribution < 1.29 is 19.4 Å². The molecule has 0 bridgehead atoms. The van der Waals surface area contributed by atoms with E-state index in [1.54, 1.807) is 0 Å². The van der Waals surface area contributed by atoms with Crippen LogP contribution in [0.4, 0.5) is 0 Å². The van der Waals surface area contributed by atoms with E-state index < -0.39 is 18.1 Å². The summed E-state index contributed by atoms with van der Waals surface area (Å²) in [5.74, 6) is -0.909. The van der Waals surface area contributed by atoms with E-state index in [-0.39, 0.29) is 16.3 Å². The molecule has 0 saturated carbocycles. The Balaban J connectivity index is 2.38. The summed E-state index contributed by atoms with van der Waals surface area (Å²) in [4.78, 5) is 11.2. The molecule has 1 unspecified atom stereocenters. The Labute approximate surface area is 121 Å². The number of carbonyl (C=O) groups is 1. The number of aliphatic carboxylic acids is 1. The van der Waals surface area contributed by atoms with Crippen LogP contribution in [0.25, 0.3) is 0 Å². The molecule has 6 heteroatoms. The van der Waals surface area contributed by atoms with E-state index in [1.165, 1.54) is 0 Å². The lowest BCUT2D eigenvalue weighted by Gasteiger charge is -2.17. The summed E-state index contributed by atoms with van der Waals surface area (Å²) in [5.41, 5.74) is 0.957. The highest BCUT2D eigenvalue weighted by Crippen LogP contribution is 2.04. The van der Waals surface area contributed by atoms with Gasteiger partial charge in [0, 0.05) is 13.2 Å². The van der Waals surface area contributed by atoms with Gasteiger partial charge in [-0.1, -0.05) is 30.3 Å². The van der Waals surface area contributed by atoms with Gasteiger partial charge < -0.3 is 20.0 Å². The molecule has 2 atom stereocenters. The Hall–Kier alpha value is -1.21. The molecule has 0 spiro atoms. The predicted octanol–water partition coefficient (Wildman–Crippen LogP) is 0.707. The molecule has 0 saturated heterocycles. The minimum atomic E-state index is -0.909. The van der Waals surface area contributed by atoms with E-state index in [9.17, 15) is 15.0 Å². The van der Waals surface area contributed by atoms with Gasteiger partial charge in [-0.3, -0.25) is 4.79 Å². The first-order valence-corrected chi connectivity index (χ1v) is 7.77. The van der Waals surface area contributed by atoms with Gasteiger partial charge in [-0.15, -0.1) is 0 Å². The Morgan fingerprint density at radius 2 is 2.10 bits per heavy atom. The number of aliphatic hydroxyl groups is 1. The Kier molecular flexibility index (Phi) is 8.13. The first kappa shape index (κ1) is 16.8. The van der Waals surface area contributed by atoms with Crippen molar-refractivity contribution in [1.82, 2.24) is 5.32 Å². The van der Waals surface area contributed by atoms with Crippen LogP contribution < -0.4 is 5.32 Å². The first-order chi connectivity index (χ1) is 9.63. The number of carboxylic acid groups (broad SMARTS) is 1. The molecular formula is C14H21NO4Si. The van der Waals surface area contributed by atoms with Crippen molar-refractivity contribution in [2.75, 3.05) is 13.2 Å². The van der Waals surface area contributed by atoms with Gasteiger partial charge in [-0.2, -0.15) is 0 Å². The second kappa shape index (κ2) is 9.65. The lowest BCUT2D eigenvalue weighted by atomic mass is 10.1. The number of aliphatic hydroxyl groups excluding tert-OH is 1. The number of benzene rings is 1. The zero-order valence-corrected chi connectivity index (χ0v) is 12.6. The summed E-state index contributed by atoms with van der Waals surface area (Å²) in [6.45, 7) is 2.78. The summed E-state index contributed by atoms with van der Waals surface area (Å²) in [6, 6.07) is 9.28. The standard InChI is InChI=1S/C14H21NO4Si/c1-2-19-20-10-12(16)9-15-13(14(17)18)8-11-6-4-3-5-7-11/h3-7,12-13,15-16H,2,8-10H2,1H3,(H,17,18)/t12?,13-/m0/s1. The van der Waals surface area contributed by atoms with Crippen LogP contribution in [0.5, 0.6) is 0 Å². The molecule has 1 aromatic carbocycles. The third-order valence-corrected chi connectivity index (χ3v) is 3.88. The van der Waals surface area contributed by atoms with Crippen LogP contribution in [0.15, 0.2) is 30.3 Å². The van der Waals surface area contributed by atoms with Gasteiger partial charge in [0.15, 0.2) is 0 Å². The highest BCUT2D eigenvalue weighted by atomic mass is 28.2. The van der Waals surface area contributed by atoms with E-state index in [0.29, 0.717) is 19.1 Å². The van der Waals surface area contributed by atoms with Gasteiger partial charge in [-0.25, -0.2) is 0 Å². The molecule has 0 aliphatic heterocycles. The molecule has 1 rings (SSSR count). The van der Waals surface area contributed by atoms with Crippen LogP contribution in [0, 0.1) is 0 Å². The van der Waals surface area contributed by atoms with Crippen LogP contribution in [-0.4, -0.2) is 51.2 Å². The Bertz CT molecular complexity index is 388. The van der Waals surface area contributed by atoms with E-state index in [2.05, 4.69) is 5.32 Å². The van der Waals surface area contributed by atoms with Gasteiger partial charge in [0.2, 0.25) is 9.76 Å². The van der Waals surface area contributed by atoms with Gasteiger partial charge in [0.05, 0.1) is 6.10 Å². The van der Waals surface area contributed by atoms with Crippen molar-refractivity contribution in [3.8, 4) is 0 Å². The molecule has 0 fully saturated rings. The van der Waals surface area contributed by atoms with Crippen LogP contribution in [0.2, 0.25) is 6.04 Å². The van der Waals surface area contributed by atoms with Crippen molar-refractivity contribution >= 4 is 15.7 Å². The molecule has 20 heavy (non-hydrogen) atoms. The van der Waals surface area contributed by atoms with Crippen molar-refractivity contribution in [3.05, 3.63) is 35.9 Å². The molecule has 5 nitrogen and oxygen atoms in total. The average molecular weight is 295 g/mol. The number of rotatable bonds is 10. The second-order valence-electron chi connectivity index (χ2n) is 4.42. The van der Waals surface area contributed by atoms with E-state index in [4.69, 9.17) is 4.43 Å². The van der Waals surface area contributed by atoms with Crippen LogP contribution in [0.1, 0.15) is 12.5 Å². The van der Waals surface area contributed by atoms with E-state index in [1.807, 2.05) is 37.3 Å². The molecule has 0 aliphatic carbocycles. The molecule has 0 amide bonds. The van der Waals surface area contributed by atoms with Gasteiger partial charge >= 0.3 is 5.97 Å². The quantitative estimate of drug-likeness (QED) is 0.437. The maximum absolute atomic E-state index is 11.2. The maximum atomic E-state index is 11.2. The zero-order valence-electron chi connectivity index (χ0n) is 11.6. The number of hydrogen-bond acceptors (Lipinski definition) is 4. The van der Waals surface area contributed by atoms with Crippen molar-refractivity contribution in [3.63, 3.8) is 0 Å². The third kappa shape index (κ3) is 6.81. The Morgan fingerprint density at radius 1 is 1.40 bits per heavy atom. The number of hydrogen-bond donors (Lipinski definition) is 3. The smallest absolute Gasteiger partial charge is 0.321 e. The van der Waals surface area contributed by atoms with E-state index >= 15 is 0 Å². The minimum Gasteiger partial charge on any atom is -0.480 e. The van der Waals surface area contributed by atoms with Crippen LogP contribution in [-0.2, 0) is 15.6 Å². The fraction of sp³-hybridized carbons (Fsp3) is 0.500. The molecule has 2 radical (unpaired) electrons. The fourth-order valence-electron chi connectivity index (χ4n) is 1.70. The van der Waals surface area contributed by atoms with Crippen molar-refractivity contribution in [2.45, 2.75) is 31.5 Å². The minimum absolute atomic E-state index is 0.247. The molecule has 110 valence electrons. The van der Waals surface area contributed by atoms with Crippen molar-refractivity contribution in [2.24, 2.45) is 0 Å². The monoisotopic (exact) mass is 295 g/mol. The summed E-state index contributed by atoms with van der Waals surface area (Å²) in [6.07, 6.45) is -0.186. The average Bonchev–Trinajstić information content (AvgIpc) is 2.44. The SMILES string of the molecule is CCO[Si]CC(O)CN[C@@H](Cc1ccccc1)C(=O)O. The van der Waals surface area contributed by atoms with E-state index in [0.717, 1.165) is 5.56 Å². The highest BCUT2D eigenvalue weighted by Gasteiger charge is 2.18. The molecule has 0 heterocycles. The lowest BCUT2D eigenvalue weighted by molar-refractivity contribution is -0.139.